The van der Waals surface area contributed by atoms with Gasteiger partial charge in [-0.15, -0.1) is 0 Å². The molecule has 1 atom stereocenters. The highest BCUT2D eigenvalue weighted by atomic mass is 32.2. The highest BCUT2D eigenvalue weighted by Gasteiger charge is 2.17. The minimum Gasteiger partial charge on any atom is -0.452 e. The molecule has 2 amide bonds. The second kappa shape index (κ2) is 11.5. The van der Waals surface area contributed by atoms with Crippen LogP contribution >= 0.6 is 11.8 Å². The number of aryl methyl sites for hydroxylation is 3. The van der Waals surface area contributed by atoms with E-state index >= 15 is 0 Å². The van der Waals surface area contributed by atoms with Gasteiger partial charge in [0.1, 0.15) is 0 Å². The Morgan fingerprint density at radius 2 is 1.85 bits per heavy atom. The molecule has 2 aromatic carbocycles. The first-order valence-corrected chi connectivity index (χ1v) is 11.8. The summed E-state index contributed by atoms with van der Waals surface area (Å²) >= 11 is 1.29. The van der Waals surface area contributed by atoms with Crippen molar-refractivity contribution in [3.8, 4) is 0 Å². The second-order valence-electron chi connectivity index (χ2n) is 7.91. The second-order valence-corrected chi connectivity index (χ2v) is 8.85. The average Bonchev–Trinajstić information content (AvgIpc) is 3.22. The van der Waals surface area contributed by atoms with Gasteiger partial charge in [-0.3, -0.25) is 9.59 Å². The summed E-state index contributed by atoms with van der Waals surface area (Å²) in [5.74, 6) is -1.26. The summed E-state index contributed by atoms with van der Waals surface area (Å²) in [6.07, 6.45) is 3.45. The van der Waals surface area contributed by atoms with E-state index in [0.717, 1.165) is 11.1 Å². The summed E-state index contributed by atoms with van der Waals surface area (Å²) in [6, 6.07) is 12.3. The Morgan fingerprint density at radius 3 is 2.56 bits per heavy atom. The molecule has 0 bridgehead atoms. The van der Waals surface area contributed by atoms with Gasteiger partial charge in [0.05, 0.1) is 23.0 Å². The smallest absolute Gasteiger partial charge is 0.340 e. The van der Waals surface area contributed by atoms with Crippen molar-refractivity contribution in [2.45, 2.75) is 32.0 Å². The van der Waals surface area contributed by atoms with Crippen LogP contribution in [0.2, 0.25) is 0 Å². The Labute approximate surface area is 203 Å². The van der Waals surface area contributed by atoms with Crippen LogP contribution in [0.4, 0.5) is 5.69 Å². The van der Waals surface area contributed by atoms with Crippen LogP contribution in [-0.4, -0.2) is 39.7 Å². The van der Waals surface area contributed by atoms with Crippen LogP contribution in [0, 0.1) is 13.8 Å². The van der Waals surface area contributed by atoms with Gasteiger partial charge in [0.2, 0.25) is 5.91 Å². The lowest BCUT2D eigenvalue weighted by atomic mass is 10.0. The number of thioether (sulfide) groups is 1. The molecule has 2 N–H and O–H groups in total. The number of nitrogens with one attached hydrogen (secondary N) is 2. The van der Waals surface area contributed by atoms with E-state index in [-0.39, 0.29) is 23.3 Å². The number of aromatic nitrogens is 2. The number of esters is 1. The molecule has 34 heavy (non-hydrogen) atoms. The molecular formula is C25H28N4O4S. The quantitative estimate of drug-likeness (QED) is 0.357. The van der Waals surface area contributed by atoms with Crippen LogP contribution in [0.1, 0.15) is 40.0 Å². The maximum absolute atomic E-state index is 12.6. The zero-order valence-corrected chi connectivity index (χ0v) is 20.4. The number of anilines is 1. The van der Waals surface area contributed by atoms with Gasteiger partial charge in [-0.1, -0.05) is 42.1 Å². The molecule has 1 heterocycles. The van der Waals surface area contributed by atoms with Gasteiger partial charge in [-0.25, -0.2) is 9.78 Å². The maximum atomic E-state index is 12.6. The summed E-state index contributed by atoms with van der Waals surface area (Å²) in [4.78, 5) is 41.5. The number of hydrogen-bond acceptors (Lipinski definition) is 6. The minimum atomic E-state index is -0.693. The molecule has 3 aromatic rings. The molecule has 9 heteroatoms. The van der Waals surface area contributed by atoms with E-state index in [1.54, 1.807) is 36.7 Å². The number of hydrogen-bond donors (Lipinski definition) is 2. The number of imidazole rings is 1. The lowest BCUT2D eigenvalue weighted by Crippen LogP contribution is -2.31. The van der Waals surface area contributed by atoms with Crippen molar-refractivity contribution in [1.29, 1.82) is 0 Å². The van der Waals surface area contributed by atoms with Crippen molar-refractivity contribution >= 4 is 35.2 Å². The van der Waals surface area contributed by atoms with E-state index in [1.165, 1.54) is 17.3 Å². The summed E-state index contributed by atoms with van der Waals surface area (Å²) in [5.41, 5.74) is 3.79. The molecule has 1 unspecified atom stereocenters. The first-order valence-electron chi connectivity index (χ1n) is 10.8. The predicted octanol–water partition coefficient (Wildman–Crippen LogP) is 3.80. The Kier molecular flexibility index (Phi) is 8.48. The first kappa shape index (κ1) is 25.0. The number of carbonyl (C=O) groups is 3. The largest absolute Gasteiger partial charge is 0.452 e. The Morgan fingerprint density at radius 1 is 1.09 bits per heavy atom. The van der Waals surface area contributed by atoms with Crippen molar-refractivity contribution in [2.75, 3.05) is 17.7 Å². The maximum Gasteiger partial charge on any atom is 0.340 e. The van der Waals surface area contributed by atoms with Crippen molar-refractivity contribution in [3.05, 3.63) is 77.1 Å². The van der Waals surface area contributed by atoms with Crippen LogP contribution in [-0.2, 0) is 21.4 Å². The minimum absolute atomic E-state index is 0.132. The van der Waals surface area contributed by atoms with Crippen molar-refractivity contribution in [3.63, 3.8) is 0 Å². The van der Waals surface area contributed by atoms with Gasteiger partial charge in [-0.05, 0) is 49.6 Å². The molecule has 0 saturated carbocycles. The third kappa shape index (κ3) is 6.71. The molecule has 178 valence electrons. The van der Waals surface area contributed by atoms with E-state index in [2.05, 4.69) is 15.6 Å². The van der Waals surface area contributed by atoms with Crippen LogP contribution in [0.15, 0.2) is 60.0 Å². The molecule has 0 aliphatic rings. The number of nitrogens with zero attached hydrogens (tertiary/aromatic N) is 2. The fourth-order valence-corrected chi connectivity index (χ4v) is 3.92. The molecule has 0 radical (unpaired) electrons. The molecule has 1 aromatic heterocycles. The molecule has 8 nitrogen and oxygen atoms in total. The molecule has 0 fully saturated rings. The zero-order chi connectivity index (χ0) is 24.7. The summed E-state index contributed by atoms with van der Waals surface area (Å²) in [7, 11) is 1.84. The monoisotopic (exact) mass is 480 g/mol. The van der Waals surface area contributed by atoms with Gasteiger partial charge in [-0.2, -0.15) is 0 Å². The summed E-state index contributed by atoms with van der Waals surface area (Å²) in [6.45, 7) is 5.49. The predicted molar refractivity (Wildman–Crippen MR) is 132 cm³/mol. The van der Waals surface area contributed by atoms with Crippen molar-refractivity contribution < 1.29 is 19.1 Å². The van der Waals surface area contributed by atoms with E-state index in [9.17, 15) is 14.4 Å². The SMILES string of the molecule is Cc1ccc(C(C)NC(=O)COC(=O)c2ccccc2NC(=O)CSc2nccn2C)cc1C. The zero-order valence-electron chi connectivity index (χ0n) is 19.6. The Bertz CT molecular complexity index is 1190. The van der Waals surface area contributed by atoms with Gasteiger partial charge in [0.25, 0.3) is 5.91 Å². The van der Waals surface area contributed by atoms with Gasteiger partial charge < -0.3 is 19.9 Å². The number of benzene rings is 2. The van der Waals surface area contributed by atoms with Crippen molar-refractivity contribution in [1.82, 2.24) is 14.9 Å². The lowest BCUT2D eigenvalue weighted by Gasteiger charge is -2.16. The van der Waals surface area contributed by atoms with Crippen LogP contribution in [0.3, 0.4) is 0 Å². The normalized spacial score (nSPS) is 11.5. The van der Waals surface area contributed by atoms with Gasteiger partial charge in [0, 0.05) is 19.4 Å². The molecule has 0 spiro atoms. The molecule has 3 rings (SSSR count). The third-order valence-electron chi connectivity index (χ3n) is 5.27. The highest BCUT2D eigenvalue weighted by molar-refractivity contribution is 7.99. The molecular weight excluding hydrogens is 452 g/mol. The topological polar surface area (TPSA) is 102 Å². The van der Waals surface area contributed by atoms with Crippen molar-refractivity contribution in [2.24, 2.45) is 7.05 Å². The summed E-state index contributed by atoms with van der Waals surface area (Å²) in [5, 5.41) is 6.27. The van der Waals surface area contributed by atoms with Crippen LogP contribution in [0.5, 0.6) is 0 Å². The molecule has 0 aliphatic heterocycles. The number of amides is 2. The summed E-state index contributed by atoms with van der Waals surface area (Å²) < 4.78 is 7.02. The third-order valence-corrected chi connectivity index (χ3v) is 6.33. The Hall–Kier alpha value is -3.59. The lowest BCUT2D eigenvalue weighted by molar-refractivity contribution is -0.124. The van der Waals surface area contributed by atoms with Crippen LogP contribution < -0.4 is 10.6 Å². The number of carbonyl (C=O) groups excluding carboxylic acids is 3. The Balaban J connectivity index is 1.53. The average molecular weight is 481 g/mol. The van der Waals surface area contributed by atoms with Crippen LogP contribution in [0.25, 0.3) is 0 Å². The highest BCUT2D eigenvalue weighted by Crippen LogP contribution is 2.19. The fourth-order valence-electron chi connectivity index (χ4n) is 3.19. The standard InChI is InChI=1S/C25H28N4O4S/c1-16-9-10-19(13-17(16)2)18(3)27-22(30)14-33-24(32)20-7-5-6-8-21(20)28-23(31)15-34-25-26-11-12-29(25)4/h5-13,18H,14-15H2,1-4H3,(H,27,30)(H,28,31). The van der Waals surface area contributed by atoms with E-state index < -0.39 is 18.5 Å². The fraction of sp³-hybridized carbons (Fsp3) is 0.280. The number of ether oxygens (including phenoxy) is 1. The van der Waals surface area contributed by atoms with Gasteiger partial charge >= 0.3 is 5.97 Å². The van der Waals surface area contributed by atoms with Gasteiger partial charge in [0.15, 0.2) is 11.8 Å². The first-order chi connectivity index (χ1) is 16.2. The molecule has 0 saturated heterocycles. The van der Waals surface area contributed by atoms with E-state index in [4.69, 9.17) is 4.74 Å². The number of rotatable bonds is 9. The van der Waals surface area contributed by atoms with E-state index in [0.29, 0.717) is 10.8 Å². The number of para-hydroxylation sites is 1. The molecule has 0 aliphatic carbocycles. The van der Waals surface area contributed by atoms with E-state index in [1.807, 2.05) is 50.6 Å².